The van der Waals surface area contributed by atoms with Crippen LogP contribution in [-0.2, 0) is 13.5 Å². The van der Waals surface area contributed by atoms with Crippen molar-refractivity contribution in [2.75, 3.05) is 13.1 Å². The number of rotatable bonds is 6. The molecule has 2 fully saturated rings. The zero-order chi connectivity index (χ0) is 15.2. The molecule has 0 bridgehead atoms. The Hall–Kier alpha value is -0.350. The van der Waals surface area contributed by atoms with Gasteiger partial charge in [-0.2, -0.15) is 5.10 Å². The first kappa shape index (κ1) is 15.5. The molecule has 2 unspecified atom stereocenters. The largest absolute Gasteiger partial charge is 0.316 e. The molecule has 1 aromatic rings. The summed E-state index contributed by atoms with van der Waals surface area (Å²) in [7, 11) is 2.08. The second kappa shape index (κ2) is 5.69. The molecule has 118 valence electrons. The third kappa shape index (κ3) is 3.21. The first-order chi connectivity index (χ1) is 9.90. The Morgan fingerprint density at radius 3 is 2.57 bits per heavy atom. The average molecular weight is 354 g/mol. The molecule has 0 aromatic carbocycles. The van der Waals surface area contributed by atoms with Crippen molar-refractivity contribution in [3.8, 4) is 0 Å². The lowest BCUT2D eigenvalue weighted by Crippen LogP contribution is -2.37. The molecule has 3 rings (SSSR count). The van der Waals surface area contributed by atoms with Gasteiger partial charge in [0.25, 0.3) is 0 Å². The second-order valence-electron chi connectivity index (χ2n) is 7.84. The van der Waals surface area contributed by atoms with Gasteiger partial charge < -0.3 is 5.32 Å². The lowest BCUT2D eigenvalue weighted by molar-refractivity contribution is 0.239. The van der Waals surface area contributed by atoms with E-state index in [4.69, 9.17) is 0 Å². The van der Waals surface area contributed by atoms with Crippen LogP contribution in [0.3, 0.4) is 0 Å². The van der Waals surface area contributed by atoms with Gasteiger partial charge in [0.15, 0.2) is 0 Å². The Bertz CT molecular complexity index is 510. The van der Waals surface area contributed by atoms with Crippen molar-refractivity contribution in [3.63, 3.8) is 0 Å². The van der Waals surface area contributed by atoms with E-state index in [0.29, 0.717) is 5.41 Å². The van der Waals surface area contributed by atoms with Crippen LogP contribution in [0, 0.1) is 30.1 Å². The third-order valence-electron chi connectivity index (χ3n) is 5.32. The molecule has 2 aliphatic rings. The predicted octanol–water partition coefficient (Wildman–Crippen LogP) is 3.70. The van der Waals surface area contributed by atoms with Crippen LogP contribution in [0.25, 0.3) is 0 Å². The van der Waals surface area contributed by atoms with E-state index in [2.05, 4.69) is 58.8 Å². The number of hydrogen-bond donors (Lipinski definition) is 1. The molecule has 2 atom stereocenters. The van der Waals surface area contributed by atoms with Gasteiger partial charge in [-0.25, -0.2) is 0 Å². The van der Waals surface area contributed by atoms with E-state index in [0.717, 1.165) is 43.0 Å². The molecule has 0 aliphatic heterocycles. The summed E-state index contributed by atoms with van der Waals surface area (Å²) in [5.41, 5.74) is 2.94. The van der Waals surface area contributed by atoms with Crippen LogP contribution in [0.5, 0.6) is 0 Å². The highest BCUT2D eigenvalue weighted by atomic mass is 79.9. The minimum absolute atomic E-state index is 0.450. The number of fused-ring (bicyclic) bond motifs is 1. The van der Waals surface area contributed by atoms with Gasteiger partial charge in [0.2, 0.25) is 0 Å². The molecule has 1 aromatic heterocycles. The van der Waals surface area contributed by atoms with Crippen molar-refractivity contribution in [2.45, 2.75) is 46.5 Å². The second-order valence-corrected chi connectivity index (χ2v) is 8.63. The van der Waals surface area contributed by atoms with Crippen molar-refractivity contribution in [2.24, 2.45) is 30.2 Å². The van der Waals surface area contributed by atoms with Gasteiger partial charge >= 0.3 is 0 Å². The van der Waals surface area contributed by atoms with Crippen LogP contribution >= 0.6 is 15.9 Å². The number of nitrogens with one attached hydrogen (secondary N) is 1. The highest BCUT2D eigenvalue weighted by Gasteiger charge is 2.53. The number of aromatic nitrogens is 2. The smallest absolute Gasteiger partial charge is 0.0738 e. The number of nitrogens with zero attached hydrogens (tertiary/aromatic N) is 2. The molecule has 0 amide bonds. The summed E-state index contributed by atoms with van der Waals surface area (Å²) in [4.78, 5) is 0. The van der Waals surface area contributed by atoms with E-state index in [1.165, 1.54) is 29.4 Å². The average Bonchev–Trinajstić information content (AvgIpc) is 2.95. The highest BCUT2D eigenvalue weighted by molar-refractivity contribution is 9.10. The monoisotopic (exact) mass is 353 g/mol. The maximum Gasteiger partial charge on any atom is 0.0738 e. The van der Waals surface area contributed by atoms with Crippen LogP contribution in [0.15, 0.2) is 4.47 Å². The molecule has 1 N–H and O–H groups in total. The van der Waals surface area contributed by atoms with Crippen LogP contribution in [0.4, 0.5) is 0 Å². The molecule has 21 heavy (non-hydrogen) atoms. The van der Waals surface area contributed by atoms with E-state index in [9.17, 15) is 0 Å². The van der Waals surface area contributed by atoms with E-state index in [1.54, 1.807) is 0 Å². The summed E-state index contributed by atoms with van der Waals surface area (Å²) in [5.74, 6) is 2.75. The SMILES string of the molecule is Cc1nn(C)c(CC2(CNCC(C)C)CC3CC3C2)c1Br. The number of hydrogen-bond acceptors (Lipinski definition) is 2. The van der Waals surface area contributed by atoms with Crippen LogP contribution < -0.4 is 5.32 Å². The molecule has 0 saturated heterocycles. The fourth-order valence-electron chi connectivity index (χ4n) is 4.21. The lowest BCUT2D eigenvalue weighted by atomic mass is 9.78. The third-order valence-corrected chi connectivity index (χ3v) is 6.35. The summed E-state index contributed by atoms with van der Waals surface area (Å²) >= 11 is 3.75. The maximum atomic E-state index is 4.57. The Morgan fingerprint density at radius 1 is 1.38 bits per heavy atom. The Labute approximate surface area is 137 Å². The Morgan fingerprint density at radius 2 is 2.05 bits per heavy atom. The summed E-state index contributed by atoms with van der Waals surface area (Å²) in [6.45, 7) is 8.95. The maximum absolute atomic E-state index is 4.57. The summed E-state index contributed by atoms with van der Waals surface area (Å²) in [6.07, 6.45) is 5.44. The molecule has 4 heteroatoms. The standard InChI is InChI=1S/C17H28BrN3/c1-11(2)9-19-10-17(6-13-5-14(13)7-17)8-15-16(18)12(3)20-21(15)4/h11,13-14,19H,5-10H2,1-4H3. The minimum Gasteiger partial charge on any atom is -0.316 e. The van der Waals surface area contributed by atoms with Gasteiger partial charge in [-0.15, -0.1) is 0 Å². The molecule has 0 spiro atoms. The molecular weight excluding hydrogens is 326 g/mol. The summed E-state index contributed by atoms with van der Waals surface area (Å²) in [6, 6.07) is 0. The minimum atomic E-state index is 0.450. The van der Waals surface area contributed by atoms with Crippen molar-refractivity contribution in [1.82, 2.24) is 15.1 Å². The van der Waals surface area contributed by atoms with Gasteiger partial charge in [-0.1, -0.05) is 13.8 Å². The lowest BCUT2D eigenvalue weighted by Gasteiger charge is -2.32. The fourth-order valence-corrected chi connectivity index (χ4v) is 4.69. The molecular formula is C17H28BrN3. The quantitative estimate of drug-likeness (QED) is 0.844. The fraction of sp³-hybridized carbons (Fsp3) is 0.824. The highest BCUT2D eigenvalue weighted by Crippen LogP contribution is 2.60. The first-order valence-electron chi connectivity index (χ1n) is 8.29. The van der Waals surface area contributed by atoms with Crippen molar-refractivity contribution < 1.29 is 0 Å². The van der Waals surface area contributed by atoms with Crippen molar-refractivity contribution in [1.29, 1.82) is 0 Å². The normalized spacial score (nSPS) is 31.0. The predicted molar refractivity (Wildman–Crippen MR) is 90.3 cm³/mol. The van der Waals surface area contributed by atoms with Crippen molar-refractivity contribution in [3.05, 3.63) is 15.9 Å². The molecule has 3 nitrogen and oxygen atoms in total. The van der Waals surface area contributed by atoms with E-state index >= 15 is 0 Å². The number of halogens is 1. The van der Waals surface area contributed by atoms with Crippen LogP contribution in [0.1, 0.15) is 44.5 Å². The summed E-state index contributed by atoms with van der Waals surface area (Å²) in [5, 5.41) is 8.30. The van der Waals surface area contributed by atoms with Gasteiger partial charge in [0.1, 0.15) is 0 Å². The molecule has 0 radical (unpaired) electrons. The zero-order valence-electron chi connectivity index (χ0n) is 13.7. The van der Waals surface area contributed by atoms with Gasteiger partial charge in [0, 0.05) is 13.6 Å². The van der Waals surface area contributed by atoms with E-state index < -0.39 is 0 Å². The molecule has 1 heterocycles. The van der Waals surface area contributed by atoms with Gasteiger partial charge in [-0.05, 0) is 78.3 Å². The summed E-state index contributed by atoms with van der Waals surface area (Å²) < 4.78 is 3.29. The van der Waals surface area contributed by atoms with Crippen molar-refractivity contribution >= 4 is 15.9 Å². The van der Waals surface area contributed by atoms with Gasteiger partial charge in [0.05, 0.1) is 15.9 Å². The topological polar surface area (TPSA) is 29.9 Å². The Kier molecular flexibility index (Phi) is 4.21. The van der Waals surface area contributed by atoms with Crippen LogP contribution in [-0.4, -0.2) is 22.9 Å². The molecule has 2 aliphatic carbocycles. The zero-order valence-corrected chi connectivity index (χ0v) is 15.3. The molecule has 2 saturated carbocycles. The number of aryl methyl sites for hydroxylation is 2. The Balaban J connectivity index is 1.73. The van der Waals surface area contributed by atoms with Crippen LogP contribution in [0.2, 0.25) is 0 Å². The van der Waals surface area contributed by atoms with E-state index in [1.807, 2.05) is 0 Å². The van der Waals surface area contributed by atoms with E-state index in [-0.39, 0.29) is 0 Å². The van der Waals surface area contributed by atoms with Gasteiger partial charge in [-0.3, -0.25) is 4.68 Å². The first-order valence-corrected chi connectivity index (χ1v) is 9.08.